The number of nitrogens with zero attached hydrogens (tertiary/aromatic N) is 3. The maximum atomic E-state index is 13.3. The highest BCUT2D eigenvalue weighted by atomic mass is 32.2. The van der Waals surface area contributed by atoms with Crippen LogP contribution in [0.5, 0.6) is 11.5 Å². The molecule has 0 saturated carbocycles. The number of thioether (sulfide) groups is 1. The molecule has 2 aromatic carbocycles. The van der Waals surface area contributed by atoms with E-state index in [1.165, 1.54) is 0 Å². The number of aliphatic hydroxyl groups is 1. The van der Waals surface area contributed by atoms with Crippen LogP contribution in [0.15, 0.2) is 56.4 Å². The summed E-state index contributed by atoms with van der Waals surface area (Å²) in [5, 5.41) is 10.5. The Morgan fingerprint density at radius 1 is 1.16 bits per heavy atom. The molecule has 3 heterocycles. The summed E-state index contributed by atoms with van der Waals surface area (Å²) in [5.41, 5.74) is 0.802. The lowest BCUT2D eigenvalue weighted by molar-refractivity contribution is -0.113. The van der Waals surface area contributed by atoms with E-state index in [-0.39, 0.29) is 10.3 Å². The molecule has 2 N–H and O–H groups in total. The van der Waals surface area contributed by atoms with Crippen molar-refractivity contribution < 1.29 is 36.2 Å². The quantitative estimate of drug-likeness (QED) is 0.291. The van der Waals surface area contributed by atoms with E-state index in [9.17, 15) is 26.7 Å². The fourth-order valence-electron chi connectivity index (χ4n) is 3.80. The first-order valence-corrected chi connectivity index (χ1v) is 15.8. The highest BCUT2D eigenvalue weighted by Crippen LogP contribution is 2.48. The van der Waals surface area contributed by atoms with Crippen LogP contribution in [0.1, 0.15) is 13.8 Å². The Hall–Kier alpha value is -3.34. The Morgan fingerprint density at radius 3 is 2.66 bits per heavy atom. The first kappa shape index (κ1) is 26.3. The number of aromatic nitrogens is 1. The minimum Gasteiger partial charge on any atom is -0.509 e. The average molecular weight is 597 g/mol. The van der Waals surface area contributed by atoms with E-state index in [1.807, 2.05) is 6.92 Å². The highest BCUT2D eigenvalue weighted by molar-refractivity contribution is 8.16. The minimum atomic E-state index is -4.70. The summed E-state index contributed by atoms with van der Waals surface area (Å²) in [7, 11) is -9.07. The van der Waals surface area contributed by atoms with Crippen LogP contribution in [0.4, 0.5) is 10.8 Å². The molecule has 0 spiro atoms. The number of amidine groups is 1. The second kappa shape index (κ2) is 9.76. The third kappa shape index (κ3) is 4.79. The molecule has 200 valence electrons. The third-order valence-electron chi connectivity index (χ3n) is 5.24. The van der Waals surface area contributed by atoms with Gasteiger partial charge in [-0.05, 0) is 49.9 Å². The Labute approximate surface area is 226 Å². The summed E-state index contributed by atoms with van der Waals surface area (Å²) in [6.07, 6.45) is 0. The van der Waals surface area contributed by atoms with Gasteiger partial charge in [-0.25, -0.2) is 13.4 Å². The number of aliphatic hydroxyl groups excluding tert-OH is 1. The van der Waals surface area contributed by atoms with Crippen LogP contribution in [-0.4, -0.2) is 57.0 Å². The van der Waals surface area contributed by atoms with E-state index in [0.29, 0.717) is 45.5 Å². The van der Waals surface area contributed by atoms with Gasteiger partial charge >= 0.3 is 0 Å². The second-order valence-electron chi connectivity index (χ2n) is 7.85. The predicted molar refractivity (Wildman–Crippen MR) is 145 cm³/mol. The number of hydrogen-bond acceptors (Lipinski definition) is 11. The Morgan fingerprint density at radius 2 is 1.92 bits per heavy atom. The van der Waals surface area contributed by atoms with Gasteiger partial charge in [0, 0.05) is 6.07 Å². The van der Waals surface area contributed by atoms with Gasteiger partial charge in [-0.2, -0.15) is 8.42 Å². The molecule has 2 aliphatic rings. The number of rotatable bonds is 8. The van der Waals surface area contributed by atoms with Crippen molar-refractivity contribution in [1.82, 2.24) is 4.98 Å². The molecule has 1 amide bonds. The molecule has 2 aliphatic heterocycles. The molecule has 0 saturated heterocycles. The molecule has 0 unspecified atom stereocenters. The summed E-state index contributed by atoms with van der Waals surface area (Å²) < 4.78 is 68.9. The van der Waals surface area contributed by atoms with Gasteiger partial charge in [0.1, 0.15) is 23.0 Å². The first-order valence-electron chi connectivity index (χ1n) is 11.1. The van der Waals surface area contributed by atoms with Gasteiger partial charge in [0.05, 0.1) is 34.0 Å². The zero-order chi connectivity index (χ0) is 27.2. The molecule has 1 aromatic heterocycles. The molecule has 0 aliphatic carbocycles. The zero-order valence-corrected chi connectivity index (χ0v) is 23.1. The highest BCUT2D eigenvalue weighted by Gasteiger charge is 2.46. The summed E-state index contributed by atoms with van der Waals surface area (Å²) in [4.78, 5) is 17.9. The van der Waals surface area contributed by atoms with E-state index >= 15 is 0 Å². The number of benzene rings is 2. The summed E-state index contributed by atoms with van der Waals surface area (Å²) >= 11 is 1.97. The summed E-state index contributed by atoms with van der Waals surface area (Å²) in [6.45, 7) is 4.40. The van der Waals surface area contributed by atoms with E-state index in [2.05, 4.69) is 14.1 Å². The number of carbonyl (C=O) groups excluding carboxylic acids is 1. The molecule has 0 radical (unpaired) electrons. The molecular formula is C22H20N4O8S4. The number of sulfonamides is 2. The standard InChI is InChI=1S/C22H20N4O8S4/c1-3-33-12-8-9-17-13(10-12)23-21(35-17)24-37(29,30)11-15(27)19-20(28)26-14-6-5-7-16(34-4-2)18(14)36-22(26)25-38(19,31)32/h5-10,27H,3-4,11H2,1-2H3,(H,23,24)/b19-15-. The van der Waals surface area contributed by atoms with Crippen molar-refractivity contribution in [3.8, 4) is 11.5 Å². The Balaban J connectivity index is 1.45. The van der Waals surface area contributed by atoms with Gasteiger partial charge in [0.2, 0.25) is 10.0 Å². The number of fused-ring (bicyclic) bond motifs is 4. The lowest BCUT2D eigenvalue weighted by Gasteiger charge is -2.23. The van der Waals surface area contributed by atoms with Crippen LogP contribution in [0.2, 0.25) is 0 Å². The number of carbonyl (C=O) groups is 1. The van der Waals surface area contributed by atoms with Crippen molar-refractivity contribution in [3.05, 3.63) is 47.1 Å². The molecule has 0 atom stereocenters. The van der Waals surface area contributed by atoms with Crippen LogP contribution in [-0.2, 0) is 24.8 Å². The fourth-order valence-corrected chi connectivity index (χ4v) is 8.48. The van der Waals surface area contributed by atoms with Crippen LogP contribution in [0.25, 0.3) is 10.2 Å². The predicted octanol–water partition coefficient (Wildman–Crippen LogP) is 3.44. The first-order chi connectivity index (χ1) is 18.0. The SMILES string of the molecule is CCOc1ccc2sc(NS(=O)(=O)C/C(O)=C3\C(=O)N4C(=NS3(=O)=O)Sc3c(OCC)cccc34)nc2c1. The van der Waals surface area contributed by atoms with E-state index < -0.39 is 42.4 Å². The molecular weight excluding hydrogens is 577 g/mol. The smallest absolute Gasteiger partial charge is 0.293 e. The number of thiazole rings is 1. The zero-order valence-electron chi connectivity index (χ0n) is 19.9. The van der Waals surface area contributed by atoms with E-state index in [0.717, 1.165) is 28.0 Å². The van der Waals surface area contributed by atoms with E-state index in [4.69, 9.17) is 9.47 Å². The Kier molecular flexibility index (Phi) is 6.75. The number of nitrogens with one attached hydrogen (secondary N) is 1. The van der Waals surface area contributed by atoms with Gasteiger partial charge in [0.25, 0.3) is 15.9 Å². The molecule has 0 bridgehead atoms. The molecule has 3 aromatic rings. The van der Waals surface area contributed by atoms with Crippen molar-refractivity contribution in [2.75, 3.05) is 28.6 Å². The van der Waals surface area contributed by atoms with Crippen LogP contribution < -0.4 is 19.1 Å². The average Bonchev–Trinajstić information content (AvgIpc) is 3.38. The van der Waals surface area contributed by atoms with Crippen LogP contribution in [0.3, 0.4) is 0 Å². The van der Waals surface area contributed by atoms with Crippen molar-refractivity contribution >= 4 is 75.3 Å². The van der Waals surface area contributed by atoms with Gasteiger partial charge < -0.3 is 14.6 Å². The summed E-state index contributed by atoms with van der Waals surface area (Å²) in [5.74, 6) is -2.47. The maximum absolute atomic E-state index is 13.3. The molecule has 16 heteroatoms. The van der Waals surface area contributed by atoms with Crippen molar-refractivity contribution in [2.24, 2.45) is 4.40 Å². The van der Waals surface area contributed by atoms with Crippen LogP contribution in [0, 0.1) is 0 Å². The van der Waals surface area contributed by atoms with Gasteiger partial charge in [-0.1, -0.05) is 17.4 Å². The lowest BCUT2D eigenvalue weighted by Crippen LogP contribution is -2.41. The normalized spacial score (nSPS) is 17.6. The maximum Gasteiger partial charge on any atom is 0.293 e. The van der Waals surface area contributed by atoms with Gasteiger partial charge in [-0.15, -0.1) is 4.40 Å². The lowest BCUT2D eigenvalue weighted by atomic mass is 10.2. The van der Waals surface area contributed by atoms with Crippen LogP contribution >= 0.6 is 23.1 Å². The van der Waals surface area contributed by atoms with E-state index in [1.54, 1.807) is 43.3 Å². The second-order valence-corrected chi connectivity index (χ2v) is 13.1. The van der Waals surface area contributed by atoms with Crippen molar-refractivity contribution in [2.45, 2.75) is 18.7 Å². The summed E-state index contributed by atoms with van der Waals surface area (Å²) in [6, 6.07) is 9.95. The van der Waals surface area contributed by atoms with Gasteiger partial charge in [-0.3, -0.25) is 14.4 Å². The molecule has 0 fully saturated rings. The number of anilines is 2. The number of ether oxygens (including phenoxy) is 2. The largest absolute Gasteiger partial charge is 0.509 e. The number of hydrogen-bond donors (Lipinski definition) is 2. The fraction of sp³-hybridized carbons (Fsp3) is 0.227. The Bertz CT molecular complexity index is 1750. The minimum absolute atomic E-state index is 0.00194. The third-order valence-corrected chi connectivity index (χ3v) is 10.0. The van der Waals surface area contributed by atoms with Crippen molar-refractivity contribution in [3.63, 3.8) is 0 Å². The van der Waals surface area contributed by atoms with Crippen molar-refractivity contribution in [1.29, 1.82) is 0 Å². The molecule has 38 heavy (non-hydrogen) atoms. The number of amides is 1. The monoisotopic (exact) mass is 596 g/mol. The molecule has 12 nitrogen and oxygen atoms in total. The molecule has 5 rings (SSSR count). The topological polar surface area (TPSA) is 165 Å². The van der Waals surface area contributed by atoms with Gasteiger partial charge in [0.15, 0.2) is 15.2 Å².